The fraction of sp³-hybridized carbons (Fsp3) is 0.133. The summed E-state index contributed by atoms with van der Waals surface area (Å²) in [6, 6.07) is 31.9. The first-order valence-corrected chi connectivity index (χ1v) is 12.7. The minimum Gasteiger partial charge on any atom is -0.457 e. The van der Waals surface area contributed by atoms with E-state index in [1.165, 1.54) is 11.8 Å². The molecule has 2 N–H and O–H groups in total. The van der Waals surface area contributed by atoms with Gasteiger partial charge in [-0.25, -0.2) is 0 Å². The van der Waals surface area contributed by atoms with E-state index >= 15 is 0 Å². The van der Waals surface area contributed by atoms with Crippen LogP contribution in [0.25, 0.3) is 0 Å². The number of benzene rings is 4. The molecule has 4 aromatic rings. The molecule has 4 rings (SSSR count). The second kappa shape index (κ2) is 12.1. The maximum atomic E-state index is 13.0. The summed E-state index contributed by atoms with van der Waals surface area (Å²) in [4.78, 5) is 26.6. The fourth-order valence-electron chi connectivity index (χ4n) is 3.61. The summed E-state index contributed by atoms with van der Waals surface area (Å²) in [5, 5.41) is 5.67. The van der Waals surface area contributed by atoms with Gasteiger partial charge in [-0.05, 0) is 79.6 Å². The van der Waals surface area contributed by atoms with Crippen molar-refractivity contribution < 1.29 is 14.3 Å². The zero-order chi connectivity index (χ0) is 25.3. The number of amides is 2. The van der Waals surface area contributed by atoms with E-state index in [1.54, 1.807) is 6.07 Å². The molecule has 0 bridgehead atoms. The fourth-order valence-corrected chi connectivity index (χ4v) is 4.63. The molecule has 5 nitrogen and oxygen atoms in total. The number of nitrogens with one attached hydrogen (secondary N) is 2. The van der Waals surface area contributed by atoms with Crippen molar-refractivity contribution in [2.24, 2.45) is 0 Å². The van der Waals surface area contributed by atoms with Crippen molar-refractivity contribution in [3.05, 3.63) is 114 Å². The molecule has 0 aliphatic heterocycles. The van der Waals surface area contributed by atoms with Crippen LogP contribution in [0.15, 0.2) is 108 Å². The highest BCUT2D eigenvalue weighted by atomic mass is 32.2. The van der Waals surface area contributed by atoms with Gasteiger partial charge < -0.3 is 15.4 Å². The maximum absolute atomic E-state index is 13.0. The molecule has 0 aliphatic rings. The summed E-state index contributed by atoms with van der Waals surface area (Å²) in [6.45, 7) is 3.90. The van der Waals surface area contributed by atoms with E-state index in [0.29, 0.717) is 29.1 Å². The molecule has 0 heterocycles. The summed E-state index contributed by atoms with van der Waals surface area (Å²) >= 11 is 1.47. The van der Waals surface area contributed by atoms with Gasteiger partial charge in [0, 0.05) is 21.8 Å². The number of hydrogen-bond donors (Lipinski definition) is 2. The highest BCUT2D eigenvalue weighted by molar-refractivity contribution is 8.00. The number of carbonyl (C=O) groups excluding carboxylic acids is 2. The number of rotatable bonds is 9. The summed E-state index contributed by atoms with van der Waals surface area (Å²) in [5.74, 6) is 1.23. The Kier molecular flexibility index (Phi) is 8.42. The monoisotopic (exact) mass is 496 g/mol. The van der Waals surface area contributed by atoms with Crippen molar-refractivity contribution >= 4 is 35.0 Å². The summed E-state index contributed by atoms with van der Waals surface area (Å²) < 4.78 is 5.81. The molecule has 0 aliphatic carbocycles. The second-order valence-corrected chi connectivity index (χ2v) is 9.52. The predicted molar refractivity (Wildman–Crippen MR) is 147 cm³/mol. The quantitative estimate of drug-likeness (QED) is 0.235. The van der Waals surface area contributed by atoms with Gasteiger partial charge in [-0.2, -0.15) is 0 Å². The van der Waals surface area contributed by atoms with Crippen molar-refractivity contribution in [3.8, 4) is 11.5 Å². The molecular formula is C30H28N2O3S. The Balaban J connectivity index is 1.36. The Labute approximate surface area is 215 Å². The molecule has 0 saturated heterocycles. The molecule has 0 saturated carbocycles. The average Bonchev–Trinajstić information content (AvgIpc) is 2.89. The number of thioether (sulfide) groups is 1. The van der Waals surface area contributed by atoms with Crippen molar-refractivity contribution in [1.82, 2.24) is 0 Å². The number of aryl methyl sites for hydroxylation is 1. The van der Waals surface area contributed by atoms with E-state index in [9.17, 15) is 9.59 Å². The van der Waals surface area contributed by atoms with E-state index < -0.39 is 0 Å². The molecule has 6 heteroatoms. The first-order chi connectivity index (χ1) is 17.5. The number of hydrogen-bond acceptors (Lipinski definition) is 4. The van der Waals surface area contributed by atoms with Crippen LogP contribution < -0.4 is 15.4 Å². The number of ether oxygens (including phenoxy) is 1. The highest BCUT2D eigenvalue weighted by Gasteiger charge is 2.19. The van der Waals surface area contributed by atoms with Crippen LogP contribution in [0, 0.1) is 6.92 Å². The van der Waals surface area contributed by atoms with Crippen LogP contribution >= 0.6 is 11.8 Å². The minimum absolute atomic E-state index is 0.0754. The lowest BCUT2D eigenvalue weighted by Crippen LogP contribution is -2.24. The standard InChI is InChI=1S/C30H28N2O3S/c1-3-28(30(34)31-22-16-18-25(19-17-22)35-24-12-5-4-6-13-24)36-26-14-9-11-23(20-26)32-29(33)27-15-8-7-10-21(27)2/h4-20,28H,3H2,1-2H3,(H,31,34)(H,32,33). The lowest BCUT2D eigenvalue weighted by atomic mass is 10.1. The molecule has 36 heavy (non-hydrogen) atoms. The number of carbonyl (C=O) groups is 2. The lowest BCUT2D eigenvalue weighted by molar-refractivity contribution is -0.115. The zero-order valence-electron chi connectivity index (χ0n) is 20.2. The van der Waals surface area contributed by atoms with Crippen LogP contribution in [0.5, 0.6) is 11.5 Å². The van der Waals surface area contributed by atoms with Crippen LogP contribution in [-0.2, 0) is 4.79 Å². The van der Waals surface area contributed by atoms with Crippen molar-refractivity contribution in [2.45, 2.75) is 30.4 Å². The van der Waals surface area contributed by atoms with Crippen molar-refractivity contribution in [1.29, 1.82) is 0 Å². The third-order valence-electron chi connectivity index (χ3n) is 5.52. The SMILES string of the molecule is CCC(Sc1cccc(NC(=O)c2ccccc2C)c1)C(=O)Nc1ccc(Oc2ccccc2)cc1. The van der Waals surface area contributed by atoms with E-state index in [0.717, 1.165) is 16.2 Å². The van der Waals surface area contributed by atoms with Gasteiger partial charge in [0.1, 0.15) is 11.5 Å². The van der Waals surface area contributed by atoms with E-state index in [4.69, 9.17) is 4.74 Å². The van der Waals surface area contributed by atoms with Crippen LogP contribution in [0.4, 0.5) is 11.4 Å². The maximum Gasteiger partial charge on any atom is 0.255 e. The van der Waals surface area contributed by atoms with Crippen LogP contribution in [-0.4, -0.2) is 17.1 Å². The van der Waals surface area contributed by atoms with Crippen molar-refractivity contribution in [3.63, 3.8) is 0 Å². The van der Waals surface area contributed by atoms with Crippen molar-refractivity contribution in [2.75, 3.05) is 10.6 Å². The molecule has 0 aromatic heterocycles. The largest absolute Gasteiger partial charge is 0.457 e. The smallest absolute Gasteiger partial charge is 0.255 e. The minimum atomic E-state index is -0.285. The van der Waals surface area contributed by atoms with E-state index in [1.807, 2.05) is 111 Å². The van der Waals surface area contributed by atoms with Crippen LogP contribution in [0.2, 0.25) is 0 Å². The topological polar surface area (TPSA) is 67.4 Å². The molecule has 182 valence electrons. The Hall–Kier alpha value is -4.03. The number of anilines is 2. The van der Waals surface area contributed by atoms with Gasteiger partial charge >= 0.3 is 0 Å². The van der Waals surface area contributed by atoms with Crippen LogP contribution in [0.1, 0.15) is 29.3 Å². The molecule has 1 unspecified atom stereocenters. The Morgan fingerprint density at radius 2 is 1.47 bits per heavy atom. The Morgan fingerprint density at radius 1 is 0.778 bits per heavy atom. The van der Waals surface area contributed by atoms with Gasteiger partial charge in [-0.1, -0.05) is 49.4 Å². The first-order valence-electron chi connectivity index (χ1n) is 11.8. The normalized spacial score (nSPS) is 11.4. The molecule has 0 fully saturated rings. The van der Waals surface area contributed by atoms with Gasteiger partial charge in [0.25, 0.3) is 5.91 Å². The van der Waals surface area contributed by atoms with E-state index in [-0.39, 0.29) is 17.1 Å². The molecule has 4 aromatic carbocycles. The van der Waals surface area contributed by atoms with Gasteiger partial charge in [-0.3, -0.25) is 9.59 Å². The lowest BCUT2D eigenvalue weighted by Gasteiger charge is -2.16. The zero-order valence-corrected chi connectivity index (χ0v) is 21.0. The van der Waals surface area contributed by atoms with Crippen LogP contribution in [0.3, 0.4) is 0 Å². The highest BCUT2D eigenvalue weighted by Crippen LogP contribution is 2.29. The van der Waals surface area contributed by atoms with Gasteiger partial charge in [0.15, 0.2) is 0 Å². The molecule has 0 spiro atoms. The second-order valence-electron chi connectivity index (χ2n) is 8.24. The third-order valence-corrected chi connectivity index (χ3v) is 6.88. The average molecular weight is 497 g/mol. The molecule has 1 atom stereocenters. The first kappa shape index (κ1) is 25.1. The Morgan fingerprint density at radius 3 is 2.19 bits per heavy atom. The third kappa shape index (κ3) is 6.77. The predicted octanol–water partition coefficient (Wildman–Crippen LogP) is 7.55. The summed E-state index contributed by atoms with van der Waals surface area (Å²) in [5.41, 5.74) is 2.96. The Bertz CT molecular complexity index is 1320. The van der Waals surface area contributed by atoms with Gasteiger partial charge in [0.05, 0.1) is 5.25 Å². The number of para-hydroxylation sites is 1. The summed E-state index contributed by atoms with van der Waals surface area (Å²) in [6.07, 6.45) is 0.658. The summed E-state index contributed by atoms with van der Waals surface area (Å²) in [7, 11) is 0. The van der Waals surface area contributed by atoms with E-state index in [2.05, 4.69) is 10.6 Å². The molecule has 2 amide bonds. The van der Waals surface area contributed by atoms with Gasteiger partial charge in [0.2, 0.25) is 5.91 Å². The molecular weight excluding hydrogens is 468 g/mol. The van der Waals surface area contributed by atoms with Gasteiger partial charge in [-0.15, -0.1) is 11.8 Å². The molecule has 0 radical (unpaired) electrons.